The van der Waals surface area contributed by atoms with Crippen molar-refractivity contribution in [2.75, 3.05) is 0 Å². The first-order valence-electron chi connectivity index (χ1n) is 8.75. The normalized spacial score (nSPS) is 25.0. The Labute approximate surface area is 171 Å². The third-order valence-corrected chi connectivity index (χ3v) is 7.45. The Kier molecular flexibility index (Phi) is 4.23. The van der Waals surface area contributed by atoms with Gasteiger partial charge in [0.25, 0.3) is 0 Å². The van der Waals surface area contributed by atoms with Crippen molar-refractivity contribution in [3.63, 3.8) is 0 Å². The smallest absolute Gasteiger partial charge is 0.387 e. The molecule has 2 aromatic carbocycles. The van der Waals surface area contributed by atoms with Crippen molar-refractivity contribution in [1.29, 1.82) is 0 Å². The van der Waals surface area contributed by atoms with Gasteiger partial charge in [-0.2, -0.15) is 8.78 Å². The van der Waals surface area contributed by atoms with Gasteiger partial charge in [0.2, 0.25) is 5.25 Å². The molecule has 2 unspecified atom stereocenters. The van der Waals surface area contributed by atoms with Crippen LogP contribution in [-0.2, 0) is 16.0 Å². The molecule has 3 heterocycles. The molecular weight excluding hydrogens is 426 g/mol. The Morgan fingerprint density at radius 1 is 1.38 bits per heavy atom. The van der Waals surface area contributed by atoms with Crippen molar-refractivity contribution in [2.24, 2.45) is 0 Å². The van der Waals surface area contributed by atoms with Gasteiger partial charge in [-0.25, -0.2) is 9.78 Å². The van der Waals surface area contributed by atoms with Crippen molar-refractivity contribution < 1.29 is 28.0 Å². The monoisotopic (exact) mass is 438 g/mol. The fourth-order valence-corrected chi connectivity index (χ4v) is 6.23. The zero-order valence-electron chi connectivity index (χ0n) is 14.6. The molecular formula is C19H13ClF2N2O4S. The molecule has 0 amide bonds. The molecule has 0 aliphatic carbocycles. The molecule has 0 radical (unpaired) electrons. The lowest BCUT2D eigenvalue weighted by molar-refractivity contribution is -0.137. The molecule has 150 valence electrons. The summed E-state index contributed by atoms with van der Waals surface area (Å²) in [6.07, 6.45) is 0.268. The number of ether oxygens (including phenoxy) is 1. The molecule has 0 fully saturated rings. The second kappa shape index (κ2) is 6.58. The van der Waals surface area contributed by atoms with Crippen LogP contribution in [0, 0.1) is 0 Å². The van der Waals surface area contributed by atoms with Gasteiger partial charge in [0.15, 0.2) is 4.90 Å². The van der Waals surface area contributed by atoms with Crippen LogP contribution in [0.3, 0.4) is 0 Å². The number of carbonyl (C=O) groups is 1. The van der Waals surface area contributed by atoms with Gasteiger partial charge >= 0.3 is 12.6 Å². The van der Waals surface area contributed by atoms with Crippen LogP contribution in [-0.4, -0.2) is 37.0 Å². The quantitative estimate of drug-likeness (QED) is 0.626. The molecule has 2 bridgehead atoms. The van der Waals surface area contributed by atoms with Crippen molar-refractivity contribution >= 4 is 39.8 Å². The summed E-state index contributed by atoms with van der Waals surface area (Å²) in [5, 5.41) is 9.05. The van der Waals surface area contributed by atoms with E-state index in [9.17, 15) is 23.2 Å². The number of hydrogen-bond donors (Lipinski definition) is 1. The Morgan fingerprint density at radius 3 is 2.90 bits per heavy atom. The van der Waals surface area contributed by atoms with Crippen LogP contribution in [0.25, 0.3) is 11.0 Å². The third-order valence-electron chi connectivity index (χ3n) is 5.43. The van der Waals surface area contributed by atoms with Gasteiger partial charge in [0.05, 0.1) is 28.6 Å². The molecule has 0 saturated carbocycles. The summed E-state index contributed by atoms with van der Waals surface area (Å²) in [6, 6.07) is 8.86. The van der Waals surface area contributed by atoms with Gasteiger partial charge in [-0.1, -0.05) is 17.7 Å². The van der Waals surface area contributed by atoms with Crippen LogP contribution < -0.4 is 4.74 Å². The third kappa shape index (κ3) is 2.72. The van der Waals surface area contributed by atoms with E-state index in [4.69, 9.17) is 16.3 Å². The highest BCUT2D eigenvalue weighted by Gasteiger charge is 2.53. The van der Waals surface area contributed by atoms with Gasteiger partial charge in [0.1, 0.15) is 11.6 Å². The first-order chi connectivity index (χ1) is 13.9. The van der Waals surface area contributed by atoms with Crippen molar-refractivity contribution in [1.82, 2.24) is 9.55 Å². The van der Waals surface area contributed by atoms with E-state index in [-0.39, 0.29) is 17.1 Å². The number of nitrogens with zero attached hydrogens (tertiary/aromatic N) is 2. The predicted molar refractivity (Wildman–Crippen MR) is 101 cm³/mol. The topological polar surface area (TPSA) is 87.4 Å². The Bertz CT molecular complexity index is 1150. The van der Waals surface area contributed by atoms with Crippen molar-refractivity contribution in [3.8, 4) is 5.75 Å². The van der Waals surface area contributed by atoms with E-state index in [1.807, 2.05) is 4.57 Å². The summed E-state index contributed by atoms with van der Waals surface area (Å²) >= 11 is 4.19. The van der Waals surface area contributed by atoms with Crippen LogP contribution in [0.15, 0.2) is 41.3 Å². The second-order valence-corrected chi connectivity index (χ2v) is 8.91. The zero-order valence-corrected chi connectivity index (χ0v) is 16.2. The van der Waals surface area contributed by atoms with Crippen LogP contribution in [0.2, 0.25) is 5.02 Å². The van der Waals surface area contributed by atoms with E-state index in [1.165, 1.54) is 18.2 Å². The van der Waals surface area contributed by atoms with Crippen LogP contribution in [0.1, 0.15) is 29.8 Å². The Hall–Kier alpha value is -2.36. The number of rotatable bonds is 3. The summed E-state index contributed by atoms with van der Waals surface area (Å²) in [6.45, 7) is -3.07. The first-order valence-corrected chi connectivity index (χ1v) is 10.3. The summed E-state index contributed by atoms with van der Waals surface area (Å²) in [4.78, 5) is 16.8. The molecule has 10 heteroatoms. The van der Waals surface area contributed by atoms with E-state index in [0.717, 1.165) is 0 Å². The maximum absolute atomic E-state index is 13.2. The number of carboxylic acid groups (broad SMARTS) is 1. The number of halogens is 3. The maximum Gasteiger partial charge on any atom is 0.387 e. The summed E-state index contributed by atoms with van der Waals surface area (Å²) in [5.41, 5.74) is 1.57. The van der Waals surface area contributed by atoms with E-state index in [2.05, 4.69) is 4.98 Å². The fraction of sp³-hybridized carbons (Fsp3) is 0.263. The lowest BCUT2D eigenvalue weighted by Crippen LogP contribution is -2.35. The fourth-order valence-electron chi connectivity index (χ4n) is 4.41. The lowest BCUT2D eigenvalue weighted by Gasteiger charge is -2.24. The van der Waals surface area contributed by atoms with E-state index in [0.29, 0.717) is 27.4 Å². The molecule has 2 aliphatic rings. The number of carboxylic acids is 1. The van der Waals surface area contributed by atoms with Gasteiger partial charge in [-0.3, -0.25) is 0 Å². The zero-order chi connectivity index (χ0) is 20.4. The second-order valence-electron chi connectivity index (χ2n) is 6.93. The molecule has 2 aliphatic heterocycles. The molecule has 0 saturated heterocycles. The van der Waals surface area contributed by atoms with Gasteiger partial charge in [-0.15, -0.1) is 0 Å². The first kappa shape index (κ1) is 18.7. The average molecular weight is 439 g/mol. The Morgan fingerprint density at radius 2 is 2.17 bits per heavy atom. The highest BCUT2D eigenvalue weighted by atomic mass is 35.5. The van der Waals surface area contributed by atoms with Gasteiger partial charge in [0, 0.05) is 16.2 Å². The summed E-state index contributed by atoms with van der Waals surface area (Å²) in [5.74, 6) is -1.52. The van der Waals surface area contributed by atoms with Crippen molar-refractivity contribution in [2.45, 2.75) is 35.1 Å². The number of hydrogen-bond acceptors (Lipinski definition) is 4. The molecule has 1 aromatic heterocycles. The number of aliphatic carboxylic acids is 1. The molecule has 0 spiro atoms. The standard InChI is InChI=1S/C19H13ClF2N2O4S/c20-8-4-5-10-11(6-8)24-12-7-9(17(24)23-10)16(18(25)26)29(27)14-3-1-2-13(15(12)14)28-19(21)22/h1-6,9,12,16,19H,7H2,(H,25,26)/t9-,12-,16?,29?/m0/s1. The molecule has 4 atom stereocenters. The number of fused-ring (bicyclic) bond motifs is 9. The molecule has 1 N–H and O–H groups in total. The lowest BCUT2D eigenvalue weighted by atomic mass is 9.95. The number of benzene rings is 2. The van der Waals surface area contributed by atoms with Crippen LogP contribution in [0.5, 0.6) is 5.75 Å². The largest absolute Gasteiger partial charge is 0.611 e. The minimum Gasteiger partial charge on any atom is -0.611 e. The molecule has 6 nitrogen and oxygen atoms in total. The van der Waals surface area contributed by atoms with Gasteiger partial charge < -0.3 is 19.0 Å². The SMILES string of the molecule is O=C(O)C1[C@@H]2C[C@@H](c3c(OC(F)F)cccc3[S+]1[O-])n1c2nc2ccc(Cl)cc21. The Balaban J connectivity index is 1.83. The number of alkyl halides is 2. The number of aromatic nitrogens is 2. The summed E-state index contributed by atoms with van der Waals surface area (Å²) in [7, 11) is 0. The van der Waals surface area contributed by atoms with Crippen LogP contribution in [0.4, 0.5) is 8.78 Å². The minimum absolute atomic E-state index is 0.114. The van der Waals surface area contributed by atoms with E-state index in [1.54, 1.807) is 18.2 Å². The highest BCUT2D eigenvalue weighted by Crippen LogP contribution is 2.53. The van der Waals surface area contributed by atoms with Crippen LogP contribution >= 0.6 is 11.6 Å². The minimum atomic E-state index is -3.07. The van der Waals surface area contributed by atoms with Gasteiger partial charge in [-0.05, 0) is 36.8 Å². The average Bonchev–Trinajstić information content (AvgIpc) is 3.14. The molecule has 5 rings (SSSR count). The maximum atomic E-state index is 13.2. The summed E-state index contributed by atoms with van der Waals surface area (Å²) < 4.78 is 45.8. The number of imidazole rings is 1. The van der Waals surface area contributed by atoms with Crippen molar-refractivity contribution in [3.05, 3.63) is 52.8 Å². The molecule has 29 heavy (non-hydrogen) atoms. The van der Waals surface area contributed by atoms with E-state index < -0.39 is 41.0 Å². The predicted octanol–water partition coefficient (Wildman–Crippen LogP) is 3.94. The molecule has 3 aromatic rings. The highest BCUT2D eigenvalue weighted by molar-refractivity contribution is 7.93. The van der Waals surface area contributed by atoms with E-state index >= 15 is 0 Å².